The summed E-state index contributed by atoms with van der Waals surface area (Å²) in [6.45, 7) is 0. The van der Waals surface area contributed by atoms with Gasteiger partial charge in [-0.05, 0) is 30.3 Å². The Labute approximate surface area is 159 Å². The number of benzene rings is 2. The number of rotatable bonds is 4. The van der Waals surface area contributed by atoms with Crippen LogP contribution in [0.4, 0.5) is 0 Å². The zero-order valence-corrected chi connectivity index (χ0v) is 15.7. The van der Waals surface area contributed by atoms with Crippen molar-refractivity contribution in [2.24, 2.45) is 5.10 Å². The van der Waals surface area contributed by atoms with Crippen molar-refractivity contribution < 1.29 is 9.47 Å². The third-order valence-corrected chi connectivity index (χ3v) is 5.26. The van der Waals surface area contributed by atoms with Gasteiger partial charge >= 0.3 is 0 Å². The number of halogens is 1. The van der Waals surface area contributed by atoms with Crippen LogP contribution in [-0.4, -0.2) is 40.6 Å². The number of fused-ring (bicyclic) bond motifs is 1. The van der Waals surface area contributed by atoms with E-state index in [1.807, 2.05) is 42.5 Å². The Morgan fingerprint density at radius 2 is 1.88 bits per heavy atom. The van der Waals surface area contributed by atoms with Crippen molar-refractivity contribution in [3.05, 3.63) is 53.1 Å². The second kappa shape index (κ2) is 7.01. The van der Waals surface area contributed by atoms with Gasteiger partial charge in [-0.15, -0.1) is 10.2 Å². The van der Waals surface area contributed by atoms with E-state index in [4.69, 9.17) is 26.2 Å². The predicted molar refractivity (Wildman–Crippen MR) is 103 cm³/mol. The summed E-state index contributed by atoms with van der Waals surface area (Å²) in [6, 6.07) is 13.2. The molecule has 0 saturated carbocycles. The van der Waals surface area contributed by atoms with Crippen LogP contribution < -0.4 is 9.47 Å². The predicted octanol–water partition coefficient (Wildman–Crippen LogP) is 3.97. The van der Waals surface area contributed by atoms with Crippen LogP contribution in [0.1, 0.15) is 5.56 Å². The number of nitrogens with zero attached hydrogens (tertiary/aromatic N) is 4. The second-order valence-electron chi connectivity index (χ2n) is 5.50. The largest absolute Gasteiger partial charge is 0.497 e. The summed E-state index contributed by atoms with van der Waals surface area (Å²) in [4.78, 5) is 0. The smallest absolute Gasteiger partial charge is 0.212 e. The molecule has 0 atom stereocenters. The van der Waals surface area contributed by atoms with Crippen molar-refractivity contribution >= 4 is 29.1 Å². The minimum atomic E-state index is 0.606. The lowest BCUT2D eigenvalue weighted by molar-refractivity contribution is 0.402. The quantitative estimate of drug-likeness (QED) is 0.678. The van der Waals surface area contributed by atoms with Crippen LogP contribution in [0.3, 0.4) is 0 Å². The molecule has 0 spiro atoms. The van der Waals surface area contributed by atoms with E-state index < -0.39 is 0 Å². The average Bonchev–Trinajstić information content (AvgIpc) is 3.10. The van der Waals surface area contributed by atoms with E-state index in [9.17, 15) is 0 Å². The molecule has 0 aliphatic carbocycles. The normalized spacial score (nSPS) is 13.1. The topological polar surface area (TPSA) is 61.5 Å². The van der Waals surface area contributed by atoms with Gasteiger partial charge in [-0.3, -0.25) is 0 Å². The van der Waals surface area contributed by atoms with Gasteiger partial charge in [0.1, 0.15) is 11.5 Å². The molecule has 1 aromatic heterocycles. The minimum absolute atomic E-state index is 0.606. The maximum Gasteiger partial charge on any atom is 0.212 e. The van der Waals surface area contributed by atoms with Gasteiger partial charge in [-0.1, -0.05) is 35.5 Å². The molecule has 0 saturated heterocycles. The lowest BCUT2D eigenvalue weighted by Crippen LogP contribution is -2.15. The van der Waals surface area contributed by atoms with Crippen molar-refractivity contribution in [2.45, 2.75) is 5.16 Å². The first-order chi connectivity index (χ1) is 12.7. The van der Waals surface area contributed by atoms with Crippen LogP contribution in [0.5, 0.6) is 11.5 Å². The number of aromatic nitrogens is 3. The van der Waals surface area contributed by atoms with Gasteiger partial charge in [0, 0.05) is 16.9 Å². The van der Waals surface area contributed by atoms with E-state index in [2.05, 4.69) is 10.2 Å². The van der Waals surface area contributed by atoms with E-state index >= 15 is 0 Å². The first-order valence-corrected chi connectivity index (χ1v) is 9.21. The summed E-state index contributed by atoms with van der Waals surface area (Å²) in [5, 5.41) is 14.6. The molecule has 3 aromatic rings. The van der Waals surface area contributed by atoms with Crippen molar-refractivity contribution in [2.75, 3.05) is 20.0 Å². The van der Waals surface area contributed by atoms with Crippen LogP contribution in [0.15, 0.2) is 52.7 Å². The van der Waals surface area contributed by atoms with Crippen LogP contribution in [0, 0.1) is 0 Å². The minimum Gasteiger partial charge on any atom is -0.497 e. The molecule has 0 unspecified atom stereocenters. The van der Waals surface area contributed by atoms with Gasteiger partial charge in [0.2, 0.25) is 5.16 Å². The lowest BCUT2D eigenvalue weighted by Gasteiger charge is -2.17. The molecule has 8 heteroatoms. The zero-order chi connectivity index (χ0) is 18.1. The number of ether oxygens (including phenoxy) is 2. The van der Waals surface area contributed by atoms with E-state index in [0.29, 0.717) is 16.6 Å². The molecule has 0 N–H and O–H groups in total. The fourth-order valence-corrected chi connectivity index (χ4v) is 3.76. The molecule has 26 heavy (non-hydrogen) atoms. The average molecular weight is 387 g/mol. The number of thioether (sulfide) groups is 1. The van der Waals surface area contributed by atoms with Crippen LogP contribution in [-0.2, 0) is 0 Å². The standard InChI is InChI=1S/C18H15ClN4O2S/c1-24-11-7-8-16(25-2)13(9-11)15-10-26-18-21-20-17(23(18)22-15)12-5-3-4-6-14(12)19/h3-9H,10H2,1-2H3. The van der Waals surface area contributed by atoms with Gasteiger partial charge < -0.3 is 9.47 Å². The Balaban J connectivity index is 1.84. The van der Waals surface area contributed by atoms with Gasteiger partial charge in [-0.25, -0.2) is 0 Å². The molecular weight excluding hydrogens is 372 g/mol. The van der Waals surface area contributed by atoms with E-state index in [-0.39, 0.29) is 0 Å². The maximum absolute atomic E-state index is 6.33. The van der Waals surface area contributed by atoms with Crippen molar-refractivity contribution in [3.63, 3.8) is 0 Å². The second-order valence-corrected chi connectivity index (χ2v) is 6.85. The van der Waals surface area contributed by atoms with Gasteiger partial charge in [0.25, 0.3) is 0 Å². The highest BCUT2D eigenvalue weighted by atomic mass is 35.5. The molecular formula is C18H15ClN4O2S. The molecule has 0 bridgehead atoms. The number of hydrogen-bond donors (Lipinski definition) is 0. The third-order valence-electron chi connectivity index (χ3n) is 4.00. The highest BCUT2D eigenvalue weighted by Crippen LogP contribution is 2.33. The van der Waals surface area contributed by atoms with Crippen LogP contribution >= 0.6 is 23.4 Å². The number of hydrogen-bond acceptors (Lipinski definition) is 6. The molecule has 2 aromatic carbocycles. The Hall–Kier alpha value is -2.51. The highest BCUT2D eigenvalue weighted by molar-refractivity contribution is 7.99. The summed E-state index contributed by atoms with van der Waals surface area (Å²) in [5.41, 5.74) is 2.52. The Kier molecular flexibility index (Phi) is 4.57. The fraction of sp³-hybridized carbons (Fsp3) is 0.167. The monoisotopic (exact) mass is 386 g/mol. The van der Waals surface area contributed by atoms with Crippen LogP contribution in [0.25, 0.3) is 11.4 Å². The first-order valence-electron chi connectivity index (χ1n) is 7.84. The molecule has 2 heterocycles. The van der Waals surface area contributed by atoms with Gasteiger partial charge in [0.05, 0.1) is 25.0 Å². The Morgan fingerprint density at radius 3 is 2.65 bits per heavy atom. The van der Waals surface area contributed by atoms with E-state index in [1.165, 1.54) is 0 Å². The van der Waals surface area contributed by atoms with Crippen LogP contribution in [0.2, 0.25) is 5.02 Å². The third kappa shape index (κ3) is 2.93. The first kappa shape index (κ1) is 16.9. The molecule has 0 fully saturated rings. The molecule has 1 aliphatic heterocycles. The summed E-state index contributed by atoms with van der Waals surface area (Å²) in [5.74, 6) is 2.75. The molecule has 0 radical (unpaired) electrons. The van der Waals surface area contributed by atoms with Crippen molar-refractivity contribution in [1.82, 2.24) is 14.9 Å². The highest BCUT2D eigenvalue weighted by Gasteiger charge is 2.23. The maximum atomic E-state index is 6.33. The van der Waals surface area contributed by atoms with Crippen molar-refractivity contribution in [1.29, 1.82) is 0 Å². The molecule has 132 valence electrons. The molecule has 0 amide bonds. The summed E-state index contributed by atoms with van der Waals surface area (Å²) in [7, 11) is 3.28. The fourth-order valence-electron chi connectivity index (χ4n) is 2.71. The summed E-state index contributed by atoms with van der Waals surface area (Å²) >= 11 is 7.89. The van der Waals surface area contributed by atoms with E-state index in [1.54, 1.807) is 30.7 Å². The summed E-state index contributed by atoms with van der Waals surface area (Å²) in [6.07, 6.45) is 0. The SMILES string of the molecule is COc1ccc(OC)c(C2=Nn3c(nnc3-c3ccccc3Cl)SC2)c1. The molecule has 1 aliphatic rings. The zero-order valence-electron chi connectivity index (χ0n) is 14.1. The lowest BCUT2D eigenvalue weighted by atomic mass is 10.1. The Bertz CT molecular complexity index is 1000. The van der Waals surface area contributed by atoms with E-state index in [0.717, 1.165) is 33.5 Å². The Morgan fingerprint density at radius 1 is 1.04 bits per heavy atom. The van der Waals surface area contributed by atoms with Crippen molar-refractivity contribution in [3.8, 4) is 22.9 Å². The van der Waals surface area contributed by atoms with Gasteiger partial charge in [-0.2, -0.15) is 9.78 Å². The van der Waals surface area contributed by atoms with Gasteiger partial charge in [0.15, 0.2) is 5.82 Å². The molecule has 6 nitrogen and oxygen atoms in total. The number of methoxy groups -OCH3 is 2. The summed E-state index contributed by atoms with van der Waals surface area (Å²) < 4.78 is 12.6. The molecule has 4 rings (SSSR count).